The minimum absolute atomic E-state index is 0.0359. The van der Waals surface area contributed by atoms with Crippen LogP contribution in [0.1, 0.15) is 19.2 Å². The number of nitrogens with two attached hydrogens (primary N) is 1. The van der Waals surface area contributed by atoms with Gasteiger partial charge in [0.2, 0.25) is 5.95 Å². The largest absolute Gasteiger partial charge is 0.480 e. The minimum atomic E-state index is -1.39. The molecule has 1 aliphatic rings. The van der Waals surface area contributed by atoms with Gasteiger partial charge in [-0.1, -0.05) is 0 Å². The van der Waals surface area contributed by atoms with E-state index in [1.165, 1.54) is 11.5 Å². The zero-order valence-electron chi connectivity index (χ0n) is 13.1. The summed E-state index contributed by atoms with van der Waals surface area (Å²) in [6, 6.07) is -1.25. The van der Waals surface area contributed by atoms with Crippen LogP contribution in [-0.2, 0) is 9.53 Å². The number of ether oxygens (including phenoxy) is 1. The number of aliphatic hydroxyl groups is 3. The van der Waals surface area contributed by atoms with Gasteiger partial charge >= 0.3 is 5.97 Å². The summed E-state index contributed by atoms with van der Waals surface area (Å²) in [6.07, 6.45) is -3.72. The summed E-state index contributed by atoms with van der Waals surface area (Å²) < 4.78 is 7.36. The summed E-state index contributed by atoms with van der Waals surface area (Å²) in [5.74, 6) is -1.61. The predicted molar refractivity (Wildman–Crippen MR) is 81.6 cm³/mol. The number of carboxylic acid groups (broad SMARTS) is 1. The zero-order chi connectivity index (χ0) is 18.5. The number of fused-ring (bicyclic) bond motifs is 1. The number of aliphatic carboxylic acids is 1. The van der Waals surface area contributed by atoms with Crippen LogP contribution in [0.5, 0.6) is 0 Å². The highest BCUT2D eigenvalue weighted by Gasteiger charge is 2.44. The molecule has 12 nitrogen and oxygen atoms in total. The first-order valence-electron chi connectivity index (χ1n) is 7.37. The van der Waals surface area contributed by atoms with Crippen LogP contribution in [0, 0.1) is 0 Å². The maximum Gasteiger partial charge on any atom is 0.326 e. The normalized spacial score (nSPS) is 27.7. The number of aliphatic hydroxyl groups excluding tert-OH is 3. The van der Waals surface area contributed by atoms with E-state index in [-0.39, 0.29) is 17.1 Å². The summed E-state index contributed by atoms with van der Waals surface area (Å²) in [4.78, 5) is 31.5. The second kappa shape index (κ2) is 6.07. The van der Waals surface area contributed by atoms with Crippen LogP contribution < -0.4 is 11.3 Å². The first kappa shape index (κ1) is 17.3. The molecule has 0 spiro atoms. The fourth-order valence-electron chi connectivity index (χ4n) is 2.78. The first-order valence-corrected chi connectivity index (χ1v) is 7.37. The zero-order valence-corrected chi connectivity index (χ0v) is 13.1. The Balaban J connectivity index is 2.12. The predicted octanol–water partition coefficient (Wildman–Crippen LogP) is -2.57. The maximum absolute atomic E-state index is 12.5. The Kier molecular flexibility index (Phi) is 4.20. The van der Waals surface area contributed by atoms with Gasteiger partial charge in [0.15, 0.2) is 17.4 Å². The molecule has 0 aromatic carbocycles. The number of rotatable bonds is 4. The molecule has 0 radical (unpaired) electrons. The van der Waals surface area contributed by atoms with Crippen LogP contribution >= 0.6 is 0 Å². The van der Waals surface area contributed by atoms with Gasteiger partial charge in [-0.25, -0.2) is 9.78 Å². The number of hydrogen-bond acceptors (Lipinski definition) is 9. The number of carboxylic acids is 1. The van der Waals surface area contributed by atoms with Gasteiger partial charge in [-0.15, -0.1) is 0 Å². The highest BCUT2D eigenvalue weighted by molar-refractivity contribution is 5.75. The lowest BCUT2D eigenvalue weighted by Crippen LogP contribution is -2.33. The molecule has 3 heterocycles. The molecule has 1 fully saturated rings. The van der Waals surface area contributed by atoms with Crippen molar-refractivity contribution in [3.8, 4) is 0 Å². The minimum Gasteiger partial charge on any atom is -0.480 e. The lowest BCUT2D eigenvalue weighted by atomic mass is 10.1. The van der Waals surface area contributed by atoms with Crippen molar-refractivity contribution in [2.45, 2.75) is 37.5 Å². The summed E-state index contributed by atoms with van der Waals surface area (Å²) in [6.45, 7) is 0.760. The van der Waals surface area contributed by atoms with E-state index in [1.807, 2.05) is 0 Å². The van der Waals surface area contributed by atoms with Gasteiger partial charge in [0.25, 0.3) is 5.56 Å². The molecule has 12 heteroatoms. The molecule has 0 aliphatic carbocycles. The van der Waals surface area contributed by atoms with Crippen molar-refractivity contribution >= 4 is 23.1 Å². The van der Waals surface area contributed by atoms with Crippen LogP contribution in [0.15, 0.2) is 11.1 Å². The van der Waals surface area contributed by atoms with Crippen LogP contribution in [0.25, 0.3) is 11.2 Å². The van der Waals surface area contributed by atoms with Crippen molar-refractivity contribution in [3.05, 3.63) is 16.7 Å². The molecule has 2 aromatic rings. The van der Waals surface area contributed by atoms with Gasteiger partial charge in [-0.05, 0) is 6.92 Å². The topological polar surface area (TPSA) is 186 Å². The Morgan fingerprint density at radius 1 is 1.44 bits per heavy atom. The summed E-state index contributed by atoms with van der Waals surface area (Å²) in [5, 5.41) is 38.2. The van der Waals surface area contributed by atoms with Crippen molar-refractivity contribution in [2.24, 2.45) is 0 Å². The fraction of sp³-hybridized carbons (Fsp3) is 0.538. The van der Waals surface area contributed by atoms with Gasteiger partial charge in [0, 0.05) is 0 Å². The van der Waals surface area contributed by atoms with E-state index in [0.717, 1.165) is 10.9 Å². The Morgan fingerprint density at radius 2 is 2.12 bits per heavy atom. The summed E-state index contributed by atoms with van der Waals surface area (Å²) in [7, 11) is 0. The van der Waals surface area contributed by atoms with Crippen LogP contribution in [0.3, 0.4) is 0 Å². The molecule has 0 saturated carbocycles. The van der Waals surface area contributed by atoms with E-state index in [0.29, 0.717) is 0 Å². The third-order valence-electron chi connectivity index (χ3n) is 4.19. The third kappa shape index (κ3) is 2.55. The molecular weight excluding hydrogens is 338 g/mol. The van der Waals surface area contributed by atoms with E-state index in [1.54, 1.807) is 0 Å². The quantitative estimate of drug-likeness (QED) is 0.390. The molecule has 0 amide bonds. The Labute approximate surface area is 139 Å². The van der Waals surface area contributed by atoms with E-state index in [9.17, 15) is 19.8 Å². The lowest BCUT2D eigenvalue weighted by molar-refractivity contribution is -0.140. The fourth-order valence-corrected chi connectivity index (χ4v) is 2.78. The monoisotopic (exact) mass is 355 g/mol. The first-order chi connectivity index (χ1) is 11.8. The Hall–Kier alpha value is -2.54. The molecule has 1 saturated heterocycles. The van der Waals surface area contributed by atoms with Gasteiger partial charge in [-0.2, -0.15) is 4.98 Å². The van der Waals surface area contributed by atoms with Gasteiger partial charge in [-0.3, -0.25) is 13.9 Å². The Morgan fingerprint density at radius 3 is 2.68 bits per heavy atom. The average molecular weight is 355 g/mol. The van der Waals surface area contributed by atoms with Gasteiger partial charge in [0.05, 0.1) is 12.9 Å². The number of hydrogen-bond donors (Lipinski definition) is 5. The smallest absolute Gasteiger partial charge is 0.326 e. The molecule has 5 atom stereocenters. The van der Waals surface area contributed by atoms with Crippen molar-refractivity contribution in [1.29, 1.82) is 0 Å². The molecule has 0 bridgehead atoms. The molecule has 25 heavy (non-hydrogen) atoms. The van der Waals surface area contributed by atoms with E-state index < -0.39 is 48.7 Å². The number of imidazole rings is 1. The second-order valence-electron chi connectivity index (χ2n) is 5.71. The number of aromatic nitrogens is 4. The molecule has 136 valence electrons. The van der Waals surface area contributed by atoms with E-state index in [4.69, 9.17) is 20.7 Å². The summed E-state index contributed by atoms with van der Waals surface area (Å²) >= 11 is 0. The molecule has 3 rings (SSSR count). The van der Waals surface area contributed by atoms with Crippen molar-refractivity contribution in [2.75, 3.05) is 12.3 Å². The highest BCUT2D eigenvalue weighted by Crippen LogP contribution is 2.31. The van der Waals surface area contributed by atoms with Gasteiger partial charge < -0.3 is 30.9 Å². The number of nitrogen functional groups attached to an aromatic ring is 1. The van der Waals surface area contributed by atoms with Crippen LogP contribution in [0.4, 0.5) is 5.95 Å². The molecular formula is C13H17N5O7. The van der Waals surface area contributed by atoms with E-state index in [2.05, 4.69) is 9.97 Å². The second-order valence-corrected chi connectivity index (χ2v) is 5.71. The van der Waals surface area contributed by atoms with Crippen molar-refractivity contribution < 1.29 is 30.0 Å². The van der Waals surface area contributed by atoms with Crippen LogP contribution in [-0.4, -0.2) is 70.4 Å². The molecule has 1 unspecified atom stereocenters. The molecule has 1 aliphatic heterocycles. The number of nitrogens with zero attached hydrogens (tertiary/aromatic N) is 4. The average Bonchev–Trinajstić information content (AvgIpc) is 3.09. The maximum atomic E-state index is 12.5. The Bertz CT molecular complexity index is 878. The highest BCUT2D eigenvalue weighted by atomic mass is 16.6. The standard InChI is InChI=1S/C13H17N5O7/c1-4(12(23)24)18-10(22)6-9(16-13(18)14)17(3-15-6)11-8(21)7(20)5(2-19)25-11/h3-5,7-8,11,19-21H,2H2,1H3,(H2,14,16)(H,23,24)/t4?,5-,7-,8-,11-/m1/s1. The molecule has 6 N–H and O–H groups in total. The molecule has 2 aromatic heterocycles. The van der Waals surface area contributed by atoms with Crippen molar-refractivity contribution in [3.63, 3.8) is 0 Å². The van der Waals surface area contributed by atoms with Crippen LogP contribution in [0.2, 0.25) is 0 Å². The SMILES string of the molecule is CC(C(=O)O)n1c(N)nc2c(ncn2[C@@H]2O[C@H](CO)[C@@H](O)[C@H]2O)c1=O. The van der Waals surface area contributed by atoms with E-state index >= 15 is 0 Å². The third-order valence-corrected chi connectivity index (χ3v) is 4.19. The summed E-state index contributed by atoms with van der Waals surface area (Å²) in [5.41, 5.74) is 4.76. The number of carbonyl (C=O) groups is 1. The number of anilines is 1. The van der Waals surface area contributed by atoms with Crippen molar-refractivity contribution in [1.82, 2.24) is 19.1 Å². The lowest BCUT2D eigenvalue weighted by Gasteiger charge is -2.17. The van der Waals surface area contributed by atoms with Gasteiger partial charge in [0.1, 0.15) is 24.4 Å².